The van der Waals surface area contributed by atoms with Gasteiger partial charge in [-0.1, -0.05) is 0 Å². The summed E-state index contributed by atoms with van der Waals surface area (Å²) in [5.41, 5.74) is -1.57. The van der Waals surface area contributed by atoms with E-state index in [2.05, 4.69) is 0 Å². The highest BCUT2D eigenvalue weighted by Gasteiger charge is 2.73. The number of rotatable bonds is 6. The first-order chi connectivity index (χ1) is 11.4. The average molecular weight is 347 g/mol. The van der Waals surface area contributed by atoms with Crippen molar-refractivity contribution in [1.82, 2.24) is 4.90 Å². The van der Waals surface area contributed by atoms with Gasteiger partial charge in [-0.25, -0.2) is 4.79 Å². The Morgan fingerprint density at radius 3 is 2.29 bits per heavy atom. The number of hydrogen-bond donors (Lipinski definition) is 0. The van der Waals surface area contributed by atoms with Crippen molar-refractivity contribution in [3.63, 3.8) is 0 Å². The lowest BCUT2D eigenvalue weighted by atomic mass is 9.84. The Bertz CT molecular complexity index is 500. The van der Waals surface area contributed by atoms with E-state index in [9.17, 15) is 9.59 Å². The molecule has 0 aromatic rings. The molecule has 2 aliphatic rings. The number of esters is 1. The number of carbonyl (C=O) groups excluding carboxylic acids is 2. The molecule has 2 fully saturated rings. The number of carbonyl (C=O) groups is 2. The molecule has 0 N–H and O–H groups in total. The van der Waals surface area contributed by atoms with Gasteiger partial charge < -0.3 is 33.3 Å². The largest absolute Gasteiger partial charge is 0.467 e. The van der Waals surface area contributed by atoms with E-state index < -0.39 is 41.5 Å². The third-order valence-corrected chi connectivity index (χ3v) is 5.03. The van der Waals surface area contributed by atoms with Crippen molar-refractivity contribution in [1.29, 1.82) is 0 Å². The van der Waals surface area contributed by atoms with Crippen LogP contribution < -0.4 is 0 Å². The number of amides is 1. The summed E-state index contributed by atoms with van der Waals surface area (Å²) in [5, 5.41) is 0. The van der Waals surface area contributed by atoms with Gasteiger partial charge in [-0.15, -0.1) is 0 Å². The van der Waals surface area contributed by atoms with Crippen molar-refractivity contribution in [2.45, 2.75) is 36.1 Å². The second-order valence-electron chi connectivity index (χ2n) is 5.80. The van der Waals surface area contributed by atoms with Crippen LogP contribution in [-0.2, 0) is 38.0 Å². The first-order valence-electron chi connectivity index (χ1n) is 7.54. The zero-order valence-corrected chi connectivity index (χ0v) is 14.9. The molecular formula is C15H25NO8. The molecule has 0 aliphatic carbocycles. The van der Waals surface area contributed by atoms with Crippen LogP contribution in [-0.4, -0.2) is 95.6 Å². The third-order valence-electron chi connectivity index (χ3n) is 5.03. The van der Waals surface area contributed by atoms with E-state index in [-0.39, 0.29) is 13.0 Å². The maximum atomic E-state index is 13.0. The van der Waals surface area contributed by atoms with Crippen molar-refractivity contribution in [3.05, 3.63) is 0 Å². The normalized spacial score (nSPS) is 39.5. The number of ether oxygens (including phenoxy) is 6. The van der Waals surface area contributed by atoms with Gasteiger partial charge in [-0.05, 0) is 0 Å². The molecule has 0 bridgehead atoms. The molecule has 0 radical (unpaired) electrons. The van der Waals surface area contributed by atoms with E-state index in [0.717, 1.165) is 0 Å². The Balaban J connectivity index is 2.51. The smallest absolute Gasteiger partial charge is 0.328 e. The van der Waals surface area contributed by atoms with Crippen molar-refractivity contribution in [2.75, 3.05) is 49.2 Å². The summed E-state index contributed by atoms with van der Waals surface area (Å²) < 4.78 is 32.8. The van der Waals surface area contributed by atoms with E-state index >= 15 is 0 Å². The van der Waals surface area contributed by atoms with E-state index in [1.54, 1.807) is 0 Å². The minimum absolute atomic E-state index is 0.00956. The van der Waals surface area contributed by atoms with Crippen LogP contribution in [0.1, 0.15) is 6.42 Å². The highest BCUT2D eigenvalue weighted by molar-refractivity contribution is 5.95. The van der Waals surface area contributed by atoms with Crippen LogP contribution in [0.4, 0.5) is 0 Å². The van der Waals surface area contributed by atoms with Crippen molar-refractivity contribution in [3.8, 4) is 0 Å². The minimum atomic E-state index is -1.57. The van der Waals surface area contributed by atoms with Crippen LogP contribution in [0.2, 0.25) is 0 Å². The van der Waals surface area contributed by atoms with Gasteiger partial charge in [0.05, 0.1) is 13.7 Å². The lowest BCUT2D eigenvalue weighted by Gasteiger charge is -2.44. The van der Waals surface area contributed by atoms with Gasteiger partial charge in [-0.3, -0.25) is 4.79 Å². The Morgan fingerprint density at radius 1 is 1.17 bits per heavy atom. The molecular weight excluding hydrogens is 322 g/mol. The van der Waals surface area contributed by atoms with Gasteiger partial charge in [0, 0.05) is 41.9 Å². The van der Waals surface area contributed by atoms with Crippen molar-refractivity contribution in [2.24, 2.45) is 0 Å². The summed E-state index contributed by atoms with van der Waals surface area (Å²) in [6.45, 7) is 0.161. The summed E-state index contributed by atoms with van der Waals surface area (Å²) >= 11 is 0. The van der Waals surface area contributed by atoms with Crippen molar-refractivity contribution < 1.29 is 38.0 Å². The Morgan fingerprint density at radius 2 is 1.83 bits per heavy atom. The number of likely N-dealkylation sites (tertiary alicyclic amines) is 1. The molecule has 0 aromatic heterocycles. The van der Waals surface area contributed by atoms with Gasteiger partial charge >= 0.3 is 5.97 Å². The lowest BCUT2D eigenvalue weighted by Crippen LogP contribution is -2.66. The molecule has 2 heterocycles. The highest BCUT2D eigenvalue weighted by atomic mass is 16.8. The molecule has 5 atom stereocenters. The molecule has 2 rings (SSSR count). The topological polar surface area (TPSA) is 92.8 Å². The summed E-state index contributed by atoms with van der Waals surface area (Å²) in [5.74, 6) is -2.53. The molecule has 0 saturated carbocycles. The Hall–Kier alpha value is -1.26. The van der Waals surface area contributed by atoms with E-state index in [1.165, 1.54) is 47.5 Å². The van der Waals surface area contributed by atoms with E-state index in [1.807, 2.05) is 0 Å². The molecule has 2 saturated heterocycles. The Labute approximate surface area is 141 Å². The van der Waals surface area contributed by atoms with Crippen molar-refractivity contribution >= 4 is 11.9 Å². The molecule has 1 amide bonds. The number of methoxy groups -OCH3 is 5. The summed E-state index contributed by atoms with van der Waals surface area (Å²) in [6.07, 6.45) is -1.16. The van der Waals surface area contributed by atoms with E-state index in [4.69, 9.17) is 28.4 Å². The highest BCUT2D eigenvalue weighted by Crippen LogP contribution is 2.48. The van der Waals surface area contributed by atoms with E-state index in [0.29, 0.717) is 0 Å². The monoisotopic (exact) mass is 347 g/mol. The standard InChI is InChI=1S/C15H25NO8/c1-16-9(12(17)21-4)7-14(22-5,13(16)18)15(23-6)11(20-3)10(19-2)8-24-15/h9-11H,7-8H2,1-6H3/t9-,10?,11?,14?,15?/m0/s1. The predicted molar refractivity (Wildman–Crippen MR) is 80.2 cm³/mol. The van der Waals surface area contributed by atoms with Crippen LogP contribution in [0.15, 0.2) is 0 Å². The van der Waals surface area contributed by atoms with Crippen LogP contribution in [0, 0.1) is 0 Å². The maximum absolute atomic E-state index is 13.0. The summed E-state index contributed by atoms with van der Waals surface area (Å²) in [7, 11) is 8.56. The Kier molecular flexibility index (Phi) is 5.50. The lowest BCUT2D eigenvalue weighted by molar-refractivity contribution is -0.317. The minimum Gasteiger partial charge on any atom is -0.467 e. The van der Waals surface area contributed by atoms with Gasteiger partial charge in [0.25, 0.3) is 5.91 Å². The van der Waals surface area contributed by atoms with Gasteiger partial charge in [0.1, 0.15) is 18.2 Å². The molecule has 24 heavy (non-hydrogen) atoms. The van der Waals surface area contributed by atoms with Gasteiger partial charge in [0.15, 0.2) is 0 Å². The first kappa shape index (κ1) is 19.1. The van der Waals surface area contributed by atoms with Crippen LogP contribution in [0.25, 0.3) is 0 Å². The fraction of sp³-hybridized carbons (Fsp3) is 0.867. The quantitative estimate of drug-likeness (QED) is 0.576. The summed E-state index contributed by atoms with van der Waals surface area (Å²) in [4.78, 5) is 26.4. The van der Waals surface area contributed by atoms with Gasteiger partial charge in [-0.2, -0.15) is 0 Å². The second kappa shape index (κ2) is 6.93. The molecule has 9 heteroatoms. The molecule has 2 aliphatic heterocycles. The first-order valence-corrected chi connectivity index (χ1v) is 7.54. The number of nitrogens with zero attached hydrogens (tertiary/aromatic N) is 1. The number of hydrogen-bond acceptors (Lipinski definition) is 8. The molecule has 138 valence electrons. The fourth-order valence-corrected chi connectivity index (χ4v) is 3.71. The zero-order valence-electron chi connectivity index (χ0n) is 14.9. The number of likely N-dealkylation sites (N-methyl/N-ethyl adjacent to an activating group) is 1. The van der Waals surface area contributed by atoms with Crippen LogP contribution >= 0.6 is 0 Å². The van der Waals surface area contributed by atoms with Crippen LogP contribution in [0.5, 0.6) is 0 Å². The predicted octanol–water partition coefficient (Wildman–Crippen LogP) is -0.822. The zero-order chi connectivity index (χ0) is 18.1. The molecule has 9 nitrogen and oxygen atoms in total. The molecule has 0 spiro atoms. The SMILES string of the molecule is COC(=O)[C@@H]1CC(OC)(C2(OC)OCC(OC)C2OC)C(=O)N1C. The maximum Gasteiger partial charge on any atom is 0.328 e. The van der Waals surface area contributed by atoms with Crippen LogP contribution in [0.3, 0.4) is 0 Å². The fourth-order valence-electron chi connectivity index (χ4n) is 3.71. The molecule has 4 unspecified atom stereocenters. The average Bonchev–Trinajstić information content (AvgIpc) is 3.11. The summed E-state index contributed by atoms with van der Waals surface area (Å²) in [6, 6.07) is -0.808. The third kappa shape index (κ3) is 2.34. The second-order valence-corrected chi connectivity index (χ2v) is 5.80. The van der Waals surface area contributed by atoms with Gasteiger partial charge in [0.2, 0.25) is 11.4 Å². The molecule has 0 aromatic carbocycles.